The minimum Gasteiger partial charge on any atom is -0.357 e. The van der Waals surface area contributed by atoms with E-state index < -0.39 is 0 Å². The number of hydrogen-bond acceptors (Lipinski definition) is 3. The number of rotatable bonds is 9. The minimum atomic E-state index is 0.0781. The van der Waals surface area contributed by atoms with Gasteiger partial charge >= 0.3 is 0 Å². The summed E-state index contributed by atoms with van der Waals surface area (Å²) in [6.07, 6.45) is 1.40. The second-order valence-corrected chi connectivity index (χ2v) is 6.51. The molecular formula is C17H30N4OS. The molecule has 0 aromatic carbocycles. The molecule has 2 atom stereocenters. The Morgan fingerprint density at radius 2 is 2.09 bits per heavy atom. The topological polar surface area (TPSA) is 65.5 Å². The maximum absolute atomic E-state index is 11.8. The van der Waals surface area contributed by atoms with Gasteiger partial charge in [-0.3, -0.25) is 9.79 Å². The fraction of sp³-hybridized carbons (Fsp3) is 0.647. The molecule has 0 aliphatic heterocycles. The van der Waals surface area contributed by atoms with E-state index in [0.29, 0.717) is 18.9 Å². The van der Waals surface area contributed by atoms with E-state index in [2.05, 4.69) is 51.6 Å². The standard InChI is InChI=1S/C17H30N4OS/c1-5-14(4)21-16(22)7-9-19-17(18-6-2)20-11-13(3)15-8-10-23-12-15/h8,10,12-14H,5-7,9,11H2,1-4H3,(H,21,22)(H2,18,19,20). The molecule has 1 aromatic rings. The highest BCUT2D eigenvalue weighted by atomic mass is 32.1. The van der Waals surface area contributed by atoms with E-state index in [4.69, 9.17) is 0 Å². The number of nitrogens with one attached hydrogen (secondary N) is 3. The van der Waals surface area contributed by atoms with E-state index in [0.717, 1.165) is 25.5 Å². The van der Waals surface area contributed by atoms with Gasteiger partial charge in [-0.25, -0.2) is 0 Å². The number of guanidine groups is 1. The molecule has 0 bridgehead atoms. The van der Waals surface area contributed by atoms with Crippen molar-refractivity contribution < 1.29 is 4.79 Å². The zero-order chi connectivity index (χ0) is 17.1. The van der Waals surface area contributed by atoms with Gasteiger partial charge in [-0.15, -0.1) is 0 Å². The first-order valence-corrected chi connectivity index (χ1v) is 9.34. The summed E-state index contributed by atoms with van der Waals surface area (Å²) in [6, 6.07) is 2.38. The quantitative estimate of drug-likeness (QED) is 0.479. The summed E-state index contributed by atoms with van der Waals surface area (Å²) in [5.74, 6) is 1.24. The van der Waals surface area contributed by atoms with Crippen molar-refractivity contribution in [2.45, 2.75) is 52.5 Å². The summed E-state index contributed by atoms with van der Waals surface area (Å²) in [6.45, 7) is 10.4. The van der Waals surface area contributed by atoms with Crippen LogP contribution in [-0.4, -0.2) is 37.5 Å². The number of thiophene rings is 1. The van der Waals surface area contributed by atoms with Crippen molar-refractivity contribution in [1.82, 2.24) is 16.0 Å². The summed E-state index contributed by atoms with van der Waals surface area (Å²) < 4.78 is 0. The third-order valence-electron chi connectivity index (χ3n) is 3.64. The Bertz CT molecular complexity index is 473. The molecule has 0 saturated heterocycles. The van der Waals surface area contributed by atoms with Crippen LogP contribution in [0.3, 0.4) is 0 Å². The highest BCUT2D eigenvalue weighted by Gasteiger charge is 2.07. The van der Waals surface area contributed by atoms with Crippen LogP contribution in [0.2, 0.25) is 0 Å². The van der Waals surface area contributed by atoms with Crippen LogP contribution >= 0.6 is 11.3 Å². The van der Waals surface area contributed by atoms with Gasteiger partial charge in [0.2, 0.25) is 5.91 Å². The molecule has 130 valence electrons. The Labute approximate surface area is 144 Å². The molecule has 0 radical (unpaired) electrons. The van der Waals surface area contributed by atoms with Crippen LogP contribution < -0.4 is 16.0 Å². The van der Waals surface area contributed by atoms with Crippen molar-refractivity contribution in [3.05, 3.63) is 22.4 Å². The van der Waals surface area contributed by atoms with Gasteiger partial charge in [-0.05, 0) is 42.7 Å². The van der Waals surface area contributed by atoms with Crippen LogP contribution in [-0.2, 0) is 4.79 Å². The van der Waals surface area contributed by atoms with E-state index in [1.165, 1.54) is 5.56 Å². The molecule has 1 heterocycles. The molecule has 2 unspecified atom stereocenters. The normalized spacial score (nSPS) is 14.2. The fourth-order valence-corrected chi connectivity index (χ4v) is 2.76. The van der Waals surface area contributed by atoms with Gasteiger partial charge in [0.25, 0.3) is 0 Å². The molecular weight excluding hydrogens is 308 g/mol. The molecule has 0 aliphatic rings. The Morgan fingerprint density at radius 3 is 2.70 bits per heavy atom. The molecule has 1 rings (SSSR count). The van der Waals surface area contributed by atoms with E-state index >= 15 is 0 Å². The first kappa shape index (κ1) is 19.5. The molecule has 0 saturated carbocycles. The van der Waals surface area contributed by atoms with Crippen LogP contribution in [0.25, 0.3) is 0 Å². The summed E-state index contributed by atoms with van der Waals surface area (Å²) in [4.78, 5) is 16.4. The van der Waals surface area contributed by atoms with Crippen molar-refractivity contribution >= 4 is 23.2 Å². The summed E-state index contributed by atoms with van der Waals surface area (Å²) in [5.41, 5.74) is 1.32. The van der Waals surface area contributed by atoms with Crippen molar-refractivity contribution in [2.24, 2.45) is 4.99 Å². The molecule has 3 N–H and O–H groups in total. The lowest BCUT2D eigenvalue weighted by Crippen LogP contribution is -2.40. The average Bonchev–Trinajstić information content (AvgIpc) is 3.06. The summed E-state index contributed by atoms with van der Waals surface area (Å²) in [7, 11) is 0. The average molecular weight is 339 g/mol. The Morgan fingerprint density at radius 1 is 1.30 bits per heavy atom. The maximum Gasteiger partial charge on any atom is 0.221 e. The summed E-state index contributed by atoms with van der Waals surface area (Å²) in [5, 5.41) is 13.7. The van der Waals surface area contributed by atoms with Gasteiger partial charge in [0.05, 0.1) is 0 Å². The van der Waals surface area contributed by atoms with Crippen molar-refractivity contribution in [1.29, 1.82) is 0 Å². The van der Waals surface area contributed by atoms with E-state index in [-0.39, 0.29) is 11.9 Å². The van der Waals surface area contributed by atoms with E-state index in [1.807, 2.05) is 13.8 Å². The van der Waals surface area contributed by atoms with Gasteiger partial charge < -0.3 is 16.0 Å². The van der Waals surface area contributed by atoms with Crippen molar-refractivity contribution in [3.63, 3.8) is 0 Å². The first-order chi connectivity index (χ1) is 11.1. The second-order valence-electron chi connectivity index (χ2n) is 5.73. The number of nitrogens with zero attached hydrogens (tertiary/aromatic N) is 1. The van der Waals surface area contributed by atoms with E-state index in [9.17, 15) is 4.79 Å². The third kappa shape index (κ3) is 8.02. The Kier molecular flexibility index (Phi) is 9.36. The molecule has 1 amide bonds. The zero-order valence-electron chi connectivity index (χ0n) is 14.7. The van der Waals surface area contributed by atoms with Gasteiger partial charge in [-0.2, -0.15) is 11.3 Å². The monoisotopic (exact) mass is 338 g/mol. The third-order valence-corrected chi connectivity index (χ3v) is 4.35. The molecule has 5 nitrogen and oxygen atoms in total. The van der Waals surface area contributed by atoms with Crippen LogP contribution in [0, 0.1) is 0 Å². The van der Waals surface area contributed by atoms with Crippen LogP contribution in [0.5, 0.6) is 0 Å². The lowest BCUT2D eigenvalue weighted by atomic mass is 10.1. The van der Waals surface area contributed by atoms with Crippen LogP contribution in [0.1, 0.15) is 52.0 Å². The van der Waals surface area contributed by atoms with E-state index in [1.54, 1.807) is 11.3 Å². The van der Waals surface area contributed by atoms with Crippen LogP contribution in [0.4, 0.5) is 0 Å². The molecule has 0 spiro atoms. The smallest absolute Gasteiger partial charge is 0.221 e. The highest BCUT2D eigenvalue weighted by molar-refractivity contribution is 7.07. The number of carbonyl (C=O) groups is 1. The van der Waals surface area contributed by atoms with Crippen molar-refractivity contribution in [3.8, 4) is 0 Å². The van der Waals surface area contributed by atoms with Gasteiger partial charge in [0.1, 0.15) is 0 Å². The molecule has 23 heavy (non-hydrogen) atoms. The maximum atomic E-state index is 11.8. The predicted octanol–water partition coefficient (Wildman–Crippen LogP) is 2.71. The number of hydrogen-bond donors (Lipinski definition) is 3. The predicted molar refractivity (Wildman–Crippen MR) is 99.2 cm³/mol. The molecule has 1 aromatic heterocycles. The number of aliphatic imine (C=N–C) groups is 1. The Balaban J connectivity index is 2.39. The van der Waals surface area contributed by atoms with Crippen LogP contribution in [0.15, 0.2) is 21.8 Å². The zero-order valence-corrected chi connectivity index (χ0v) is 15.5. The van der Waals surface area contributed by atoms with Gasteiger partial charge in [0.15, 0.2) is 5.96 Å². The minimum absolute atomic E-state index is 0.0781. The number of carbonyl (C=O) groups excluding carboxylic acids is 1. The first-order valence-electron chi connectivity index (χ1n) is 8.40. The molecule has 0 aliphatic carbocycles. The fourth-order valence-electron chi connectivity index (χ4n) is 1.97. The molecule has 0 fully saturated rings. The Hall–Kier alpha value is -1.56. The lowest BCUT2D eigenvalue weighted by molar-refractivity contribution is -0.121. The largest absolute Gasteiger partial charge is 0.357 e. The summed E-state index contributed by atoms with van der Waals surface area (Å²) >= 11 is 1.71. The van der Waals surface area contributed by atoms with Gasteiger partial charge in [0, 0.05) is 38.0 Å². The highest BCUT2D eigenvalue weighted by Crippen LogP contribution is 2.18. The lowest BCUT2D eigenvalue weighted by Gasteiger charge is -2.14. The van der Waals surface area contributed by atoms with Crippen molar-refractivity contribution in [2.75, 3.05) is 19.6 Å². The SMILES string of the molecule is CCNC(=NCC(C)c1ccsc1)NCCC(=O)NC(C)CC. The number of amides is 1. The second kappa shape index (κ2) is 11.0. The van der Waals surface area contributed by atoms with Gasteiger partial charge in [-0.1, -0.05) is 13.8 Å². The molecule has 6 heteroatoms.